The average molecular weight is 444 g/mol. The van der Waals surface area contributed by atoms with Crippen molar-refractivity contribution in [2.24, 2.45) is 0 Å². The summed E-state index contributed by atoms with van der Waals surface area (Å²) in [5, 5.41) is 0. The van der Waals surface area contributed by atoms with Crippen molar-refractivity contribution < 1.29 is 35.1 Å². The van der Waals surface area contributed by atoms with Crippen LogP contribution >= 0.6 is 0 Å². The van der Waals surface area contributed by atoms with Crippen molar-refractivity contribution in [3.05, 3.63) is 87.5 Å². The Kier molecular flexibility index (Phi) is 5.99. The van der Waals surface area contributed by atoms with Gasteiger partial charge in [-0.25, -0.2) is 35.1 Å². The van der Waals surface area contributed by atoms with Crippen LogP contribution < -0.4 is 13.3 Å². The van der Waals surface area contributed by atoms with E-state index < -0.39 is 80.7 Å². The van der Waals surface area contributed by atoms with Gasteiger partial charge in [0, 0.05) is 29.3 Å². The van der Waals surface area contributed by atoms with Gasteiger partial charge in [-0.15, -0.1) is 0 Å². The molecule has 0 N–H and O–H groups in total. The number of hydrogen-bond donors (Lipinski definition) is 0. The minimum absolute atomic E-state index is 0.283. The Morgan fingerprint density at radius 2 is 0.900 bits per heavy atom. The molecule has 0 amide bonds. The van der Waals surface area contributed by atoms with Gasteiger partial charge in [-0.2, -0.15) is 0 Å². The Morgan fingerprint density at radius 3 is 1.33 bits per heavy atom. The average Bonchev–Trinajstić information content (AvgIpc) is 2.66. The van der Waals surface area contributed by atoms with Gasteiger partial charge >= 0.3 is 14.1 Å². The topological polar surface area (TPSA) is 0 Å². The third-order valence-corrected chi connectivity index (χ3v) is 8.54. The van der Waals surface area contributed by atoms with Crippen LogP contribution in [0.3, 0.4) is 0 Å². The summed E-state index contributed by atoms with van der Waals surface area (Å²) in [6, 6.07) is 1.91. The first kappa shape index (κ1) is 22.3. The van der Waals surface area contributed by atoms with Crippen molar-refractivity contribution >= 4 is 27.4 Å². The van der Waals surface area contributed by atoms with Crippen LogP contribution in [-0.2, 0) is 0 Å². The Labute approximate surface area is 171 Å². The summed E-state index contributed by atoms with van der Waals surface area (Å²) in [7, 11) is 0. The number of rotatable bonds is 3. The van der Waals surface area contributed by atoms with Crippen LogP contribution in [0.15, 0.2) is 24.3 Å². The first-order chi connectivity index (χ1) is 14.0. The maximum Gasteiger partial charge on any atom is 0.403 e. The summed E-state index contributed by atoms with van der Waals surface area (Å²) in [6.07, 6.45) is 0. The van der Waals surface area contributed by atoms with E-state index in [-0.39, 0.29) is 9.99 Å². The summed E-state index contributed by atoms with van der Waals surface area (Å²) in [5.41, 5.74) is -1.54. The smallest absolute Gasteiger partial charge is 0.208 e. The van der Waals surface area contributed by atoms with E-state index >= 15 is 0 Å². The standard InChI is InChI=1S/2C7H4F3.C7H5F2.Al/c2*1-4-6(9)2-5(8)3-7(4)10;1-5-2-3-6(8)4-7(5)9;/h2*2H,1H3;3-4H,1H3;. The summed E-state index contributed by atoms with van der Waals surface area (Å²) < 4.78 is 113. The number of hydrogen-bond acceptors (Lipinski definition) is 0. The molecular formula is C21H13AlF8. The highest BCUT2D eigenvalue weighted by molar-refractivity contribution is 6.96. The van der Waals surface area contributed by atoms with Gasteiger partial charge in [0.25, 0.3) is 0 Å². The van der Waals surface area contributed by atoms with Gasteiger partial charge in [-0.3, -0.25) is 0 Å². The van der Waals surface area contributed by atoms with Crippen LogP contribution in [-0.4, -0.2) is 14.1 Å². The lowest BCUT2D eigenvalue weighted by Gasteiger charge is -2.21. The lowest BCUT2D eigenvalue weighted by molar-refractivity contribution is 0.539. The van der Waals surface area contributed by atoms with E-state index in [4.69, 9.17) is 0 Å². The van der Waals surface area contributed by atoms with Crippen molar-refractivity contribution in [3.8, 4) is 0 Å². The Bertz CT molecular complexity index is 1110. The summed E-state index contributed by atoms with van der Waals surface area (Å²) in [4.78, 5) is 0. The molecule has 0 aromatic heterocycles. The lowest BCUT2D eigenvalue weighted by atomic mass is 10.2. The highest BCUT2D eigenvalue weighted by atomic mass is 27.2. The first-order valence-electron chi connectivity index (χ1n) is 8.69. The molecule has 3 rings (SSSR count). The van der Waals surface area contributed by atoms with E-state index in [1.807, 2.05) is 0 Å². The fourth-order valence-corrected chi connectivity index (χ4v) is 6.83. The molecule has 3 aromatic rings. The van der Waals surface area contributed by atoms with Crippen LogP contribution in [0.1, 0.15) is 16.7 Å². The zero-order valence-electron chi connectivity index (χ0n) is 15.9. The van der Waals surface area contributed by atoms with Crippen LogP contribution in [0.4, 0.5) is 35.1 Å². The van der Waals surface area contributed by atoms with Gasteiger partial charge in [0.1, 0.15) is 46.5 Å². The van der Waals surface area contributed by atoms with Crippen molar-refractivity contribution in [3.63, 3.8) is 0 Å². The molecule has 0 fully saturated rings. The second kappa shape index (κ2) is 8.05. The summed E-state index contributed by atoms with van der Waals surface area (Å²) in [5.74, 6) is -10.5. The zero-order chi connectivity index (χ0) is 22.5. The molecule has 0 radical (unpaired) electrons. The van der Waals surface area contributed by atoms with Crippen LogP contribution in [0.25, 0.3) is 0 Å². The number of halogens is 8. The minimum Gasteiger partial charge on any atom is -0.208 e. The number of benzene rings is 3. The first-order valence-corrected chi connectivity index (χ1v) is 10.4. The predicted octanol–water partition coefficient (Wildman–Crippen LogP) is 4.24. The van der Waals surface area contributed by atoms with E-state index in [1.54, 1.807) is 0 Å². The van der Waals surface area contributed by atoms with E-state index in [0.717, 1.165) is 26.8 Å². The van der Waals surface area contributed by atoms with Crippen molar-refractivity contribution in [1.29, 1.82) is 0 Å². The highest BCUT2D eigenvalue weighted by Gasteiger charge is 2.39. The van der Waals surface area contributed by atoms with Gasteiger partial charge in [0.15, 0.2) is 0 Å². The van der Waals surface area contributed by atoms with Gasteiger partial charge in [0.05, 0.1) is 0 Å². The van der Waals surface area contributed by atoms with Gasteiger partial charge < -0.3 is 0 Å². The van der Waals surface area contributed by atoms with Crippen LogP contribution in [0.2, 0.25) is 0 Å². The Balaban J connectivity index is 2.52. The molecule has 0 aliphatic rings. The van der Waals surface area contributed by atoms with Crippen LogP contribution in [0.5, 0.6) is 0 Å². The fourth-order valence-electron chi connectivity index (χ4n) is 3.37. The second-order valence-corrected chi connectivity index (χ2v) is 9.56. The fraction of sp³-hybridized carbons (Fsp3) is 0.143. The van der Waals surface area contributed by atoms with Crippen LogP contribution in [0, 0.1) is 67.3 Å². The Hall–Kier alpha value is -2.37. The SMILES string of the molecule is Cc1c(F)cc(F)c[c]1[Al]([c]1c(F)cc(F)c(C)c1F)[c]1c(F)cc(F)c(C)c1F. The molecule has 0 spiro atoms. The molecule has 0 heterocycles. The molecule has 30 heavy (non-hydrogen) atoms. The molecule has 3 aromatic carbocycles. The monoisotopic (exact) mass is 444 g/mol. The summed E-state index contributed by atoms with van der Waals surface area (Å²) in [6.45, 7) is 3.13. The molecule has 156 valence electrons. The predicted molar refractivity (Wildman–Crippen MR) is 97.9 cm³/mol. The maximum atomic E-state index is 15.0. The highest BCUT2D eigenvalue weighted by Crippen LogP contribution is 2.18. The van der Waals surface area contributed by atoms with Gasteiger partial charge in [-0.05, 0) is 41.3 Å². The van der Waals surface area contributed by atoms with E-state index in [1.165, 1.54) is 0 Å². The quantitative estimate of drug-likeness (QED) is 0.419. The van der Waals surface area contributed by atoms with E-state index in [0.29, 0.717) is 18.2 Å². The molecule has 9 heteroatoms. The maximum absolute atomic E-state index is 15.0. The Morgan fingerprint density at radius 1 is 0.500 bits per heavy atom. The van der Waals surface area contributed by atoms with Crippen molar-refractivity contribution in [1.82, 2.24) is 0 Å². The molecule has 0 unspecified atom stereocenters. The normalized spacial score (nSPS) is 11.2. The van der Waals surface area contributed by atoms with Crippen molar-refractivity contribution in [2.45, 2.75) is 20.8 Å². The molecule has 0 saturated heterocycles. The molecule has 0 nitrogen and oxygen atoms in total. The largest absolute Gasteiger partial charge is 0.403 e. The van der Waals surface area contributed by atoms with Gasteiger partial charge in [0.2, 0.25) is 0 Å². The zero-order valence-corrected chi connectivity index (χ0v) is 17.1. The molecule has 0 bridgehead atoms. The molecule has 0 atom stereocenters. The van der Waals surface area contributed by atoms with E-state index in [9.17, 15) is 35.1 Å². The van der Waals surface area contributed by atoms with E-state index in [2.05, 4.69) is 0 Å². The summed E-state index contributed by atoms with van der Waals surface area (Å²) >= 11 is -3.97. The van der Waals surface area contributed by atoms with Crippen molar-refractivity contribution in [2.75, 3.05) is 0 Å². The lowest BCUT2D eigenvalue weighted by Crippen LogP contribution is -2.58. The molecule has 0 saturated carbocycles. The second-order valence-electron chi connectivity index (χ2n) is 6.92. The molecule has 0 aliphatic carbocycles. The third kappa shape index (κ3) is 3.61. The third-order valence-electron chi connectivity index (χ3n) is 5.11. The van der Waals surface area contributed by atoms with Gasteiger partial charge in [-0.1, -0.05) is 4.43 Å². The molecular weight excluding hydrogens is 431 g/mol. The molecule has 0 aliphatic heterocycles. The minimum atomic E-state index is -3.97.